The summed E-state index contributed by atoms with van der Waals surface area (Å²) >= 11 is 0. The topological polar surface area (TPSA) is 53.1 Å². The number of likely N-dealkylation sites (N-methyl/N-ethyl adjacent to an activating group) is 1. The highest BCUT2D eigenvalue weighted by Gasteiger charge is 2.27. The molecule has 0 bridgehead atoms. The van der Waals surface area contributed by atoms with E-state index in [4.69, 9.17) is 4.74 Å². The number of piperazine rings is 1. The summed E-state index contributed by atoms with van der Waals surface area (Å²) < 4.78 is 5.91. The third kappa shape index (κ3) is 6.07. The van der Waals surface area contributed by atoms with Crippen molar-refractivity contribution in [3.63, 3.8) is 0 Å². The standard InChI is InChI=1S/C25H33N3O3/c1-4-27(5-2)24(29)19-26-15-17-28(18-16-26)25(30)20(3)31-23-13-11-22(12-14-23)21-9-7-6-8-10-21/h6-14,20H,4-5,15-19H2,1-3H3. The van der Waals surface area contributed by atoms with Gasteiger partial charge in [-0.05, 0) is 44.0 Å². The lowest BCUT2D eigenvalue weighted by Crippen LogP contribution is -2.53. The Morgan fingerprint density at radius 2 is 1.48 bits per heavy atom. The lowest BCUT2D eigenvalue weighted by molar-refractivity contribution is -0.140. The van der Waals surface area contributed by atoms with Crippen LogP contribution in [0.3, 0.4) is 0 Å². The molecule has 1 unspecified atom stereocenters. The Kier molecular flexibility index (Phi) is 8.06. The van der Waals surface area contributed by atoms with Gasteiger partial charge >= 0.3 is 0 Å². The number of hydrogen-bond donors (Lipinski definition) is 0. The number of carbonyl (C=O) groups excluding carboxylic acids is 2. The van der Waals surface area contributed by atoms with Gasteiger partial charge in [-0.3, -0.25) is 14.5 Å². The minimum atomic E-state index is -0.550. The predicted octanol–water partition coefficient (Wildman–Crippen LogP) is 3.13. The minimum absolute atomic E-state index is 0.0122. The van der Waals surface area contributed by atoms with E-state index in [1.54, 1.807) is 6.92 Å². The number of benzene rings is 2. The summed E-state index contributed by atoms with van der Waals surface area (Å²) in [5.74, 6) is 0.825. The van der Waals surface area contributed by atoms with Gasteiger partial charge < -0.3 is 14.5 Å². The molecule has 2 aromatic carbocycles. The lowest BCUT2D eigenvalue weighted by atomic mass is 10.1. The van der Waals surface area contributed by atoms with Gasteiger partial charge in [0.1, 0.15) is 5.75 Å². The third-order valence-electron chi connectivity index (χ3n) is 5.78. The summed E-state index contributed by atoms with van der Waals surface area (Å²) in [4.78, 5) is 30.9. The molecule has 31 heavy (non-hydrogen) atoms. The molecule has 2 aromatic rings. The Hall–Kier alpha value is -2.86. The monoisotopic (exact) mass is 423 g/mol. The molecule has 1 aliphatic heterocycles. The first kappa shape index (κ1) is 22.8. The normalized spacial score (nSPS) is 15.4. The zero-order valence-electron chi connectivity index (χ0n) is 18.8. The SMILES string of the molecule is CCN(CC)C(=O)CN1CCN(C(=O)C(C)Oc2ccc(-c3ccccc3)cc2)CC1. The van der Waals surface area contributed by atoms with Crippen molar-refractivity contribution in [2.24, 2.45) is 0 Å². The van der Waals surface area contributed by atoms with Crippen LogP contribution in [0.15, 0.2) is 54.6 Å². The van der Waals surface area contributed by atoms with Crippen molar-refractivity contribution in [2.45, 2.75) is 26.9 Å². The van der Waals surface area contributed by atoms with E-state index in [2.05, 4.69) is 17.0 Å². The molecule has 6 nitrogen and oxygen atoms in total. The molecule has 1 fully saturated rings. The van der Waals surface area contributed by atoms with E-state index < -0.39 is 6.10 Å². The van der Waals surface area contributed by atoms with Crippen LogP contribution in [0.4, 0.5) is 0 Å². The summed E-state index contributed by atoms with van der Waals surface area (Å²) in [5, 5.41) is 0. The summed E-state index contributed by atoms with van der Waals surface area (Å²) in [7, 11) is 0. The molecule has 0 aromatic heterocycles. The predicted molar refractivity (Wildman–Crippen MR) is 123 cm³/mol. The summed E-state index contributed by atoms with van der Waals surface area (Å²) in [6.07, 6.45) is -0.550. The minimum Gasteiger partial charge on any atom is -0.481 e. The average molecular weight is 424 g/mol. The van der Waals surface area contributed by atoms with Gasteiger partial charge in [-0.2, -0.15) is 0 Å². The largest absolute Gasteiger partial charge is 0.481 e. The van der Waals surface area contributed by atoms with Gasteiger partial charge in [-0.25, -0.2) is 0 Å². The summed E-state index contributed by atoms with van der Waals surface area (Å²) in [5.41, 5.74) is 2.26. The molecule has 2 amide bonds. The Labute approximate surface area is 185 Å². The highest BCUT2D eigenvalue weighted by atomic mass is 16.5. The molecule has 0 N–H and O–H groups in total. The van der Waals surface area contributed by atoms with Crippen molar-refractivity contribution in [2.75, 3.05) is 45.8 Å². The van der Waals surface area contributed by atoms with Crippen LogP contribution in [0.5, 0.6) is 5.75 Å². The third-order valence-corrected chi connectivity index (χ3v) is 5.78. The second-order valence-electron chi connectivity index (χ2n) is 7.82. The number of hydrogen-bond acceptors (Lipinski definition) is 4. The Morgan fingerprint density at radius 3 is 2.06 bits per heavy atom. The molecule has 0 aliphatic carbocycles. The second-order valence-corrected chi connectivity index (χ2v) is 7.82. The van der Waals surface area contributed by atoms with Crippen LogP contribution in [-0.4, -0.2) is 78.4 Å². The van der Waals surface area contributed by atoms with E-state index in [0.29, 0.717) is 38.5 Å². The first-order valence-electron chi connectivity index (χ1n) is 11.1. The van der Waals surface area contributed by atoms with Crippen molar-refractivity contribution >= 4 is 11.8 Å². The summed E-state index contributed by atoms with van der Waals surface area (Å²) in [6.45, 7) is 10.3. The summed E-state index contributed by atoms with van der Waals surface area (Å²) in [6, 6.07) is 18.0. The first-order chi connectivity index (χ1) is 15.0. The molecule has 1 saturated heterocycles. The van der Waals surface area contributed by atoms with Crippen molar-refractivity contribution in [1.82, 2.24) is 14.7 Å². The van der Waals surface area contributed by atoms with E-state index in [0.717, 1.165) is 24.2 Å². The highest BCUT2D eigenvalue weighted by molar-refractivity contribution is 5.81. The molecule has 0 radical (unpaired) electrons. The van der Waals surface area contributed by atoms with Gasteiger partial charge in [0.25, 0.3) is 5.91 Å². The van der Waals surface area contributed by atoms with Crippen LogP contribution in [0.2, 0.25) is 0 Å². The van der Waals surface area contributed by atoms with Crippen LogP contribution >= 0.6 is 0 Å². The van der Waals surface area contributed by atoms with E-state index >= 15 is 0 Å². The van der Waals surface area contributed by atoms with Crippen LogP contribution in [-0.2, 0) is 9.59 Å². The number of carbonyl (C=O) groups is 2. The van der Waals surface area contributed by atoms with Gasteiger partial charge in [0, 0.05) is 39.3 Å². The van der Waals surface area contributed by atoms with Crippen molar-refractivity contribution in [3.8, 4) is 16.9 Å². The van der Waals surface area contributed by atoms with Crippen LogP contribution in [0, 0.1) is 0 Å². The highest BCUT2D eigenvalue weighted by Crippen LogP contribution is 2.23. The van der Waals surface area contributed by atoms with Gasteiger partial charge in [0.05, 0.1) is 6.54 Å². The van der Waals surface area contributed by atoms with Crippen LogP contribution in [0.1, 0.15) is 20.8 Å². The number of rotatable bonds is 8. The molecule has 3 rings (SSSR count). The molecule has 0 saturated carbocycles. The smallest absolute Gasteiger partial charge is 0.263 e. The van der Waals surface area contributed by atoms with Gasteiger partial charge in [0.2, 0.25) is 5.91 Å². The molecular weight excluding hydrogens is 390 g/mol. The quantitative estimate of drug-likeness (QED) is 0.655. The number of ether oxygens (including phenoxy) is 1. The van der Waals surface area contributed by atoms with Crippen molar-refractivity contribution < 1.29 is 14.3 Å². The van der Waals surface area contributed by atoms with Crippen LogP contribution in [0.25, 0.3) is 11.1 Å². The number of amides is 2. The maximum absolute atomic E-state index is 12.8. The van der Waals surface area contributed by atoms with E-state index in [9.17, 15) is 9.59 Å². The molecular formula is C25H33N3O3. The zero-order valence-corrected chi connectivity index (χ0v) is 18.8. The lowest BCUT2D eigenvalue weighted by Gasteiger charge is -2.36. The van der Waals surface area contributed by atoms with E-state index in [1.165, 1.54) is 0 Å². The van der Waals surface area contributed by atoms with E-state index in [1.807, 2.05) is 66.1 Å². The molecule has 1 atom stereocenters. The maximum atomic E-state index is 12.8. The van der Waals surface area contributed by atoms with Crippen molar-refractivity contribution in [3.05, 3.63) is 54.6 Å². The Bertz CT molecular complexity index is 842. The van der Waals surface area contributed by atoms with Gasteiger partial charge in [-0.15, -0.1) is 0 Å². The molecule has 166 valence electrons. The first-order valence-corrected chi connectivity index (χ1v) is 11.1. The molecule has 0 spiro atoms. The van der Waals surface area contributed by atoms with E-state index in [-0.39, 0.29) is 11.8 Å². The molecule has 1 aliphatic rings. The zero-order chi connectivity index (χ0) is 22.2. The fraction of sp³-hybridized carbons (Fsp3) is 0.440. The Balaban J connectivity index is 1.48. The molecule has 1 heterocycles. The second kappa shape index (κ2) is 11.0. The van der Waals surface area contributed by atoms with Gasteiger partial charge in [-0.1, -0.05) is 42.5 Å². The average Bonchev–Trinajstić information content (AvgIpc) is 2.81. The fourth-order valence-electron chi connectivity index (χ4n) is 3.86. The Morgan fingerprint density at radius 1 is 0.903 bits per heavy atom. The maximum Gasteiger partial charge on any atom is 0.263 e. The van der Waals surface area contributed by atoms with Crippen molar-refractivity contribution in [1.29, 1.82) is 0 Å². The number of nitrogens with zero attached hydrogens (tertiary/aromatic N) is 3. The fourth-order valence-corrected chi connectivity index (χ4v) is 3.86. The van der Waals surface area contributed by atoms with Crippen LogP contribution < -0.4 is 4.74 Å². The van der Waals surface area contributed by atoms with Gasteiger partial charge in [0.15, 0.2) is 6.10 Å². The molecule has 6 heteroatoms.